The van der Waals surface area contributed by atoms with Crippen molar-refractivity contribution in [3.63, 3.8) is 0 Å². The number of phenols is 1. The summed E-state index contributed by atoms with van der Waals surface area (Å²) in [5.41, 5.74) is -0.235. The average molecular weight is 477 g/mol. The van der Waals surface area contributed by atoms with Gasteiger partial charge in [0.2, 0.25) is 11.8 Å². The van der Waals surface area contributed by atoms with Crippen LogP contribution in [0.2, 0.25) is 0 Å². The summed E-state index contributed by atoms with van der Waals surface area (Å²) in [6.07, 6.45) is -0.940. The molecule has 0 spiro atoms. The summed E-state index contributed by atoms with van der Waals surface area (Å²) in [7, 11) is 0. The number of esters is 1. The zero-order valence-electron chi connectivity index (χ0n) is 20.1. The number of carbonyl (C=O) groups is 4. The van der Waals surface area contributed by atoms with Gasteiger partial charge in [-0.1, -0.05) is 18.2 Å². The molecule has 11 nitrogen and oxygen atoms in total. The molecule has 34 heavy (non-hydrogen) atoms. The van der Waals surface area contributed by atoms with Crippen LogP contribution in [0.15, 0.2) is 18.2 Å². The van der Waals surface area contributed by atoms with Crippen LogP contribution in [0, 0.1) is 18.3 Å². The van der Waals surface area contributed by atoms with Gasteiger partial charge in [-0.15, -0.1) is 0 Å². The molecule has 3 amide bonds. The fourth-order valence-corrected chi connectivity index (χ4v) is 2.93. The van der Waals surface area contributed by atoms with E-state index < -0.39 is 48.6 Å². The first kappa shape index (κ1) is 28.2. The topological polar surface area (TPSA) is 158 Å². The molecule has 1 rings (SSSR count). The number of nitrogens with one attached hydrogen (secondary N) is 2. The van der Waals surface area contributed by atoms with Gasteiger partial charge < -0.3 is 30.1 Å². The summed E-state index contributed by atoms with van der Waals surface area (Å²) in [4.78, 5) is 50.5. The third-order valence-corrected chi connectivity index (χ3v) is 4.40. The minimum Gasteiger partial charge on any atom is -0.507 e. The van der Waals surface area contributed by atoms with Gasteiger partial charge in [0, 0.05) is 12.1 Å². The van der Waals surface area contributed by atoms with Crippen LogP contribution in [0.5, 0.6) is 5.75 Å². The van der Waals surface area contributed by atoms with Gasteiger partial charge in [-0.05, 0) is 40.2 Å². The third-order valence-electron chi connectivity index (χ3n) is 4.40. The second kappa shape index (κ2) is 13.0. The Hall–Kier alpha value is -3.81. The number of nitrogens with zero attached hydrogens (tertiary/aromatic N) is 2. The summed E-state index contributed by atoms with van der Waals surface area (Å²) in [5, 5.41) is 24.7. The van der Waals surface area contributed by atoms with Crippen LogP contribution >= 0.6 is 0 Å². The minimum atomic E-state index is -1.39. The van der Waals surface area contributed by atoms with Crippen molar-refractivity contribution in [3.8, 4) is 11.8 Å². The maximum Gasteiger partial charge on any atom is 0.408 e. The van der Waals surface area contributed by atoms with Crippen molar-refractivity contribution >= 4 is 23.9 Å². The predicted octanol–water partition coefficient (Wildman–Crippen LogP) is 1.69. The fraction of sp³-hybridized carbons (Fsp3) is 0.522. The third kappa shape index (κ3) is 8.97. The molecular weight excluding hydrogens is 444 g/mol. The van der Waals surface area contributed by atoms with E-state index in [0.29, 0.717) is 5.56 Å². The molecule has 1 unspecified atom stereocenters. The van der Waals surface area contributed by atoms with E-state index in [1.165, 1.54) is 6.07 Å². The van der Waals surface area contributed by atoms with Gasteiger partial charge in [0.15, 0.2) is 0 Å². The van der Waals surface area contributed by atoms with Gasteiger partial charge in [-0.25, -0.2) is 4.79 Å². The second-order valence-corrected chi connectivity index (χ2v) is 8.30. The van der Waals surface area contributed by atoms with Gasteiger partial charge in [-0.3, -0.25) is 14.4 Å². The number of phenolic OH excluding ortho intramolecular Hbond substituents is 1. The van der Waals surface area contributed by atoms with E-state index in [0.717, 1.165) is 4.90 Å². The molecule has 0 aliphatic heterocycles. The van der Waals surface area contributed by atoms with Crippen LogP contribution in [-0.2, 0) is 23.9 Å². The monoisotopic (exact) mass is 476 g/mol. The van der Waals surface area contributed by atoms with E-state index in [1.54, 1.807) is 46.8 Å². The van der Waals surface area contributed by atoms with Crippen molar-refractivity contribution in [2.75, 3.05) is 26.2 Å². The average Bonchev–Trinajstić information content (AvgIpc) is 2.73. The molecule has 0 saturated heterocycles. The number of aryl methyl sites for hydroxylation is 1. The standard InChI is InChI=1S/C23H32N4O7/c1-6-33-18(29)10-12-25-21(31)19(16-9-7-8-15(2)20(16)30)27(13-11-24)17(28)14-26-22(32)34-23(3,4)5/h7-9,19,30H,6,10,12-14H2,1-5H3,(H,25,31)(H,26,32). The van der Waals surface area contributed by atoms with Crippen LogP contribution in [0.25, 0.3) is 0 Å². The lowest BCUT2D eigenvalue weighted by Crippen LogP contribution is -2.48. The number of aromatic hydroxyl groups is 1. The number of alkyl carbamates (subject to hydrolysis) is 1. The van der Waals surface area contributed by atoms with E-state index >= 15 is 0 Å². The maximum absolute atomic E-state index is 13.1. The van der Waals surface area contributed by atoms with Gasteiger partial charge in [0.1, 0.15) is 30.5 Å². The van der Waals surface area contributed by atoms with Crippen LogP contribution in [0.4, 0.5) is 4.79 Å². The Morgan fingerprint density at radius 1 is 1.21 bits per heavy atom. The van der Waals surface area contributed by atoms with Crippen molar-refractivity contribution in [1.82, 2.24) is 15.5 Å². The van der Waals surface area contributed by atoms with E-state index in [9.17, 15) is 29.5 Å². The van der Waals surface area contributed by atoms with Crippen LogP contribution in [0.1, 0.15) is 51.3 Å². The Balaban J connectivity index is 3.17. The summed E-state index contributed by atoms with van der Waals surface area (Å²) >= 11 is 0. The maximum atomic E-state index is 13.1. The number of hydrogen-bond acceptors (Lipinski definition) is 8. The van der Waals surface area contributed by atoms with Crippen molar-refractivity contribution in [2.24, 2.45) is 0 Å². The van der Waals surface area contributed by atoms with Gasteiger partial charge >= 0.3 is 12.1 Å². The molecule has 1 aromatic rings. The molecule has 11 heteroatoms. The van der Waals surface area contributed by atoms with E-state index in [-0.39, 0.29) is 30.9 Å². The Labute approximate surface area is 199 Å². The Bertz CT molecular complexity index is 934. The molecule has 3 N–H and O–H groups in total. The molecular formula is C23H32N4O7. The highest BCUT2D eigenvalue weighted by atomic mass is 16.6. The normalized spacial score (nSPS) is 11.5. The number of para-hydroxylation sites is 1. The Morgan fingerprint density at radius 3 is 2.47 bits per heavy atom. The number of ether oxygens (including phenoxy) is 2. The van der Waals surface area contributed by atoms with Crippen molar-refractivity contribution in [2.45, 2.75) is 52.7 Å². The highest BCUT2D eigenvalue weighted by Gasteiger charge is 2.34. The zero-order chi connectivity index (χ0) is 25.9. The number of nitriles is 1. The highest BCUT2D eigenvalue weighted by Crippen LogP contribution is 2.31. The number of benzene rings is 1. The second-order valence-electron chi connectivity index (χ2n) is 8.30. The lowest BCUT2D eigenvalue weighted by Gasteiger charge is -2.30. The van der Waals surface area contributed by atoms with Gasteiger partial charge in [-0.2, -0.15) is 5.26 Å². The molecule has 0 fully saturated rings. The molecule has 0 saturated carbocycles. The number of rotatable bonds is 10. The molecule has 186 valence electrons. The van der Waals surface area contributed by atoms with Gasteiger partial charge in [0.25, 0.3) is 0 Å². The van der Waals surface area contributed by atoms with Crippen molar-refractivity contribution in [1.29, 1.82) is 5.26 Å². The van der Waals surface area contributed by atoms with Crippen molar-refractivity contribution in [3.05, 3.63) is 29.3 Å². The van der Waals surface area contributed by atoms with Gasteiger partial charge in [0.05, 0.1) is 19.1 Å². The summed E-state index contributed by atoms with van der Waals surface area (Å²) in [6.45, 7) is 7.33. The largest absolute Gasteiger partial charge is 0.507 e. The lowest BCUT2D eigenvalue weighted by atomic mass is 10.00. The summed E-state index contributed by atoms with van der Waals surface area (Å²) in [5.74, 6) is -2.20. The summed E-state index contributed by atoms with van der Waals surface area (Å²) in [6, 6.07) is 5.11. The minimum absolute atomic E-state index is 0.0779. The Morgan fingerprint density at radius 2 is 1.88 bits per heavy atom. The molecule has 1 aromatic carbocycles. The molecule has 0 radical (unpaired) electrons. The molecule has 0 bridgehead atoms. The first-order valence-corrected chi connectivity index (χ1v) is 10.8. The van der Waals surface area contributed by atoms with E-state index in [4.69, 9.17) is 9.47 Å². The Kier molecular flexibility index (Phi) is 10.8. The number of amides is 3. The number of hydrogen-bond donors (Lipinski definition) is 3. The van der Waals surface area contributed by atoms with Crippen LogP contribution in [-0.4, -0.2) is 65.7 Å². The van der Waals surface area contributed by atoms with E-state index in [1.807, 2.05) is 6.07 Å². The molecule has 0 aromatic heterocycles. The summed E-state index contributed by atoms with van der Waals surface area (Å²) < 4.78 is 9.93. The quantitative estimate of drug-likeness (QED) is 0.340. The van der Waals surface area contributed by atoms with Crippen LogP contribution in [0.3, 0.4) is 0 Å². The SMILES string of the molecule is CCOC(=O)CCNC(=O)C(c1cccc(C)c1O)N(CC#N)C(=O)CNC(=O)OC(C)(C)C. The first-order chi connectivity index (χ1) is 15.9. The molecule has 0 heterocycles. The van der Waals surface area contributed by atoms with Crippen LogP contribution < -0.4 is 10.6 Å². The molecule has 1 atom stereocenters. The molecule has 0 aliphatic rings. The van der Waals surface area contributed by atoms with Crippen molar-refractivity contribution < 1.29 is 33.8 Å². The molecule has 0 aliphatic carbocycles. The first-order valence-electron chi connectivity index (χ1n) is 10.8. The smallest absolute Gasteiger partial charge is 0.408 e. The van der Waals surface area contributed by atoms with E-state index in [2.05, 4.69) is 10.6 Å². The lowest BCUT2D eigenvalue weighted by molar-refractivity contribution is -0.143. The predicted molar refractivity (Wildman–Crippen MR) is 121 cm³/mol. The number of carbonyl (C=O) groups excluding carboxylic acids is 4. The zero-order valence-corrected chi connectivity index (χ0v) is 20.1. The highest BCUT2D eigenvalue weighted by molar-refractivity contribution is 5.91. The fourth-order valence-electron chi connectivity index (χ4n) is 2.93.